The molecule has 0 atom stereocenters. The largest absolute Gasteiger partial charge is 0.460 e. The van der Waals surface area contributed by atoms with Crippen LogP contribution in [0.4, 0.5) is 0 Å². The second-order valence-electron chi connectivity index (χ2n) is 5.78. The van der Waals surface area contributed by atoms with Gasteiger partial charge in [-0.15, -0.1) is 11.6 Å². The van der Waals surface area contributed by atoms with Crippen LogP contribution in [0.1, 0.15) is 59.3 Å². The van der Waals surface area contributed by atoms with Crippen molar-refractivity contribution in [3.05, 3.63) is 0 Å². The van der Waals surface area contributed by atoms with Gasteiger partial charge >= 0.3 is 5.97 Å². The Labute approximate surface area is 104 Å². The predicted molar refractivity (Wildman–Crippen MR) is 66.7 cm³/mol. The first-order valence-corrected chi connectivity index (χ1v) is 6.72. The molecule has 0 radical (unpaired) electrons. The summed E-state index contributed by atoms with van der Waals surface area (Å²) < 4.78 is 5.46. The lowest BCUT2D eigenvalue weighted by atomic mass is 9.98. The summed E-state index contributed by atoms with van der Waals surface area (Å²) >= 11 is 5.63. The van der Waals surface area contributed by atoms with Crippen molar-refractivity contribution < 1.29 is 9.53 Å². The Kier molecular flexibility index (Phi) is 4.66. The molecule has 3 heteroatoms. The average Bonchev–Trinajstić information content (AvgIpc) is 2.91. The second-order valence-corrected chi connectivity index (χ2v) is 6.16. The van der Waals surface area contributed by atoms with Crippen molar-refractivity contribution in [3.63, 3.8) is 0 Å². The van der Waals surface area contributed by atoms with Gasteiger partial charge in [0.2, 0.25) is 0 Å². The van der Waals surface area contributed by atoms with Crippen LogP contribution in [0.25, 0.3) is 0 Å². The molecule has 0 N–H and O–H groups in total. The third-order valence-corrected chi connectivity index (χ3v) is 3.24. The number of carbonyl (C=O) groups is 1. The molecule has 0 unspecified atom stereocenters. The molecule has 0 aromatic heterocycles. The Morgan fingerprint density at radius 1 is 1.25 bits per heavy atom. The third-order valence-electron chi connectivity index (χ3n) is 2.97. The van der Waals surface area contributed by atoms with E-state index >= 15 is 0 Å². The average molecular weight is 247 g/mol. The number of carbonyl (C=O) groups excluding carboxylic acids is 1. The molecule has 1 rings (SSSR count). The van der Waals surface area contributed by atoms with E-state index in [1.54, 1.807) is 0 Å². The van der Waals surface area contributed by atoms with Crippen molar-refractivity contribution in [1.82, 2.24) is 0 Å². The Balaban J connectivity index is 2.31. The van der Waals surface area contributed by atoms with Gasteiger partial charge in [-0.2, -0.15) is 0 Å². The first kappa shape index (κ1) is 13.8. The maximum absolute atomic E-state index is 12.0. The van der Waals surface area contributed by atoms with Gasteiger partial charge in [0.25, 0.3) is 0 Å². The highest BCUT2D eigenvalue weighted by Crippen LogP contribution is 2.51. The molecule has 0 heterocycles. The molecule has 0 aliphatic heterocycles. The molecule has 1 saturated carbocycles. The highest BCUT2D eigenvalue weighted by molar-refractivity contribution is 6.17. The Hall–Kier alpha value is -0.240. The summed E-state index contributed by atoms with van der Waals surface area (Å²) in [5, 5.41) is 0. The number of ether oxygens (including phenoxy) is 1. The van der Waals surface area contributed by atoms with Crippen LogP contribution in [0.5, 0.6) is 0 Å². The standard InChI is InChI=1S/C13H23ClO2/c1-12(2,3)16-11(15)13(8-9-13)7-5-4-6-10-14/h4-10H2,1-3H3. The Morgan fingerprint density at radius 3 is 2.31 bits per heavy atom. The van der Waals surface area contributed by atoms with Gasteiger partial charge in [0.1, 0.15) is 5.60 Å². The van der Waals surface area contributed by atoms with Crippen molar-refractivity contribution >= 4 is 17.6 Å². The molecule has 0 bridgehead atoms. The molecule has 1 aliphatic carbocycles. The summed E-state index contributed by atoms with van der Waals surface area (Å²) in [7, 11) is 0. The first-order valence-electron chi connectivity index (χ1n) is 6.19. The minimum Gasteiger partial charge on any atom is -0.460 e. The quantitative estimate of drug-likeness (QED) is 0.404. The predicted octanol–water partition coefficient (Wildman–Crippen LogP) is 3.91. The number of hydrogen-bond donors (Lipinski definition) is 0. The zero-order chi connectivity index (χ0) is 12.2. The zero-order valence-electron chi connectivity index (χ0n) is 10.6. The summed E-state index contributed by atoms with van der Waals surface area (Å²) in [6.45, 7) is 5.78. The molecular formula is C13H23ClO2. The maximum atomic E-state index is 12.0. The molecule has 2 nitrogen and oxygen atoms in total. The van der Waals surface area contributed by atoms with Gasteiger partial charge < -0.3 is 4.74 Å². The van der Waals surface area contributed by atoms with Crippen LogP contribution in [0.15, 0.2) is 0 Å². The van der Waals surface area contributed by atoms with Crippen LogP contribution < -0.4 is 0 Å². The van der Waals surface area contributed by atoms with E-state index < -0.39 is 0 Å². The van der Waals surface area contributed by atoms with Crippen molar-refractivity contribution in [3.8, 4) is 0 Å². The highest BCUT2D eigenvalue weighted by atomic mass is 35.5. The monoisotopic (exact) mass is 246 g/mol. The van der Waals surface area contributed by atoms with Crippen LogP contribution in [0.2, 0.25) is 0 Å². The molecule has 0 spiro atoms. The first-order chi connectivity index (χ1) is 7.40. The summed E-state index contributed by atoms with van der Waals surface area (Å²) in [5.41, 5.74) is -0.498. The molecule has 0 aromatic carbocycles. The van der Waals surface area contributed by atoms with E-state index in [4.69, 9.17) is 16.3 Å². The fourth-order valence-corrected chi connectivity index (χ4v) is 2.02. The second kappa shape index (κ2) is 5.39. The van der Waals surface area contributed by atoms with Gasteiger partial charge in [-0.3, -0.25) is 4.79 Å². The van der Waals surface area contributed by atoms with Crippen molar-refractivity contribution in [1.29, 1.82) is 0 Å². The molecule has 0 saturated heterocycles. The number of alkyl halides is 1. The minimum atomic E-state index is -0.358. The Morgan fingerprint density at radius 2 is 1.88 bits per heavy atom. The summed E-state index contributed by atoms with van der Waals surface area (Å²) in [6, 6.07) is 0. The van der Waals surface area contributed by atoms with Crippen LogP contribution in [0.3, 0.4) is 0 Å². The molecule has 1 aliphatic rings. The molecule has 0 aromatic rings. The normalized spacial score (nSPS) is 18.2. The van der Waals surface area contributed by atoms with Crippen LogP contribution in [-0.2, 0) is 9.53 Å². The van der Waals surface area contributed by atoms with Gasteiger partial charge in [0.15, 0.2) is 0 Å². The number of esters is 1. The van der Waals surface area contributed by atoms with E-state index in [-0.39, 0.29) is 17.0 Å². The topological polar surface area (TPSA) is 26.3 Å². The molecule has 1 fully saturated rings. The number of halogens is 1. The van der Waals surface area contributed by atoms with Crippen LogP contribution in [0, 0.1) is 5.41 Å². The molecule has 16 heavy (non-hydrogen) atoms. The van der Waals surface area contributed by atoms with E-state index in [0.717, 1.165) is 44.4 Å². The molecular weight excluding hydrogens is 224 g/mol. The molecule has 94 valence electrons. The summed E-state index contributed by atoms with van der Waals surface area (Å²) in [5.74, 6) is 0.727. The van der Waals surface area contributed by atoms with Crippen LogP contribution >= 0.6 is 11.6 Å². The van der Waals surface area contributed by atoms with Crippen LogP contribution in [-0.4, -0.2) is 17.5 Å². The van der Waals surface area contributed by atoms with E-state index in [1.807, 2.05) is 20.8 Å². The highest BCUT2D eigenvalue weighted by Gasteiger charge is 2.51. The van der Waals surface area contributed by atoms with E-state index in [0.29, 0.717) is 0 Å². The van der Waals surface area contributed by atoms with E-state index in [9.17, 15) is 4.79 Å². The van der Waals surface area contributed by atoms with Gasteiger partial charge in [-0.1, -0.05) is 12.8 Å². The smallest absolute Gasteiger partial charge is 0.312 e. The fourth-order valence-electron chi connectivity index (χ4n) is 1.83. The van der Waals surface area contributed by atoms with Gasteiger partial charge in [-0.25, -0.2) is 0 Å². The lowest BCUT2D eigenvalue weighted by molar-refractivity contribution is -0.162. The summed E-state index contributed by atoms with van der Waals surface area (Å²) in [6.07, 6.45) is 6.23. The van der Waals surface area contributed by atoms with Crippen molar-refractivity contribution in [2.45, 2.75) is 64.9 Å². The lowest BCUT2D eigenvalue weighted by Crippen LogP contribution is -2.29. The molecule has 0 amide bonds. The lowest BCUT2D eigenvalue weighted by Gasteiger charge is -2.23. The summed E-state index contributed by atoms with van der Waals surface area (Å²) in [4.78, 5) is 12.0. The van der Waals surface area contributed by atoms with E-state index in [2.05, 4.69) is 0 Å². The van der Waals surface area contributed by atoms with Gasteiger partial charge in [0, 0.05) is 5.88 Å². The van der Waals surface area contributed by atoms with Gasteiger partial charge in [-0.05, 0) is 46.5 Å². The zero-order valence-corrected chi connectivity index (χ0v) is 11.4. The van der Waals surface area contributed by atoms with Crippen molar-refractivity contribution in [2.75, 3.05) is 5.88 Å². The Bertz CT molecular complexity index is 239. The van der Waals surface area contributed by atoms with Crippen molar-refractivity contribution in [2.24, 2.45) is 5.41 Å². The third kappa shape index (κ3) is 4.32. The number of rotatable bonds is 6. The van der Waals surface area contributed by atoms with Gasteiger partial charge in [0.05, 0.1) is 5.41 Å². The minimum absolute atomic E-state index is 0.00544. The number of hydrogen-bond acceptors (Lipinski definition) is 2. The van der Waals surface area contributed by atoms with E-state index in [1.165, 1.54) is 0 Å². The SMILES string of the molecule is CC(C)(C)OC(=O)C1(CCCCCCl)CC1. The maximum Gasteiger partial charge on any atom is 0.312 e. The number of unbranched alkanes of at least 4 members (excludes halogenated alkanes) is 2. The fraction of sp³-hybridized carbons (Fsp3) is 0.923.